The fraction of sp³-hybridized carbons (Fsp3) is 0.333. The van der Waals surface area contributed by atoms with E-state index in [1.54, 1.807) is 0 Å². The van der Waals surface area contributed by atoms with Crippen LogP contribution in [0.25, 0.3) is 11.0 Å². The highest BCUT2D eigenvalue weighted by Crippen LogP contribution is 2.29. The van der Waals surface area contributed by atoms with Gasteiger partial charge in [-0.1, -0.05) is 12.1 Å². The van der Waals surface area contributed by atoms with Gasteiger partial charge in [0.1, 0.15) is 17.8 Å². The lowest BCUT2D eigenvalue weighted by Gasteiger charge is -2.36. The minimum absolute atomic E-state index is 0.290. The van der Waals surface area contributed by atoms with Crippen molar-refractivity contribution < 1.29 is 13.2 Å². The highest BCUT2D eigenvalue weighted by molar-refractivity contribution is 5.76. The van der Waals surface area contributed by atoms with Crippen molar-refractivity contribution >= 4 is 22.7 Å². The fourth-order valence-electron chi connectivity index (χ4n) is 3.20. The van der Waals surface area contributed by atoms with Gasteiger partial charge in [-0.25, -0.2) is 19.9 Å². The van der Waals surface area contributed by atoms with Crippen molar-refractivity contribution in [2.45, 2.75) is 13.1 Å². The van der Waals surface area contributed by atoms with Crippen LogP contribution in [0, 0.1) is 6.92 Å². The Kier molecular flexibility index (Phi) is 4.29. The highest BCUT2D eigenvalue weighted by atomic mass is 19.4. The number of nitrogens with zero attached hydrogens (tertiary/aromatic N) is 6. The summed E-state index contributed by atoms with van der Waals surface area (Å²) in [6.07, 6.45) is -3.51. The molecule has 1 aromatic carbocycles. The molecule has 0 N–H and O–H groups in total. The molecule has 1 saturated heterocycles. The third kappa shape index (κ3) is 3.49. The second-order valence-corrected chi connectivity index (χ2v) is 6.35. The largest absolute Gasteiger partial charge is 0.433 e. The topological polar surface area (TPSA) is 58.0 Å². The monoisotopic (exact) mass is 374 g/mol. The lowest BCUT2D eigenvalue weighted by Crippen LogP contribution is -2.47. The Morgan fingerprint density at radius 1 is 0.889 bits per heavy atom. The number of piperazine rings is 1. The van der Waals surface area contributed by atoms with Gasteiger partial charge in [-0.15, -0.1) is 0 Å². The molecule has 0 unspecified atom stereocenters. The molecule has 0 radical (unpaired) electrons. The lowest BCUT2D eigenvalue weighted by atomic mass is 10.2. The van der Waals surface area contributed by atoms with Crippen LogP contribution in [0.1, 0.15) is 11.4 Å². The van der Waals surface area contributed by atoms with E-state index >= 15 is 0 Å². The number of rotatable bonds is 2. The van der Waals surface area contributed by atoms with Crippen LogP contribution in [-0.4, -0.2) is 46.1 Å². The Bertz CT molecular complexity index is 967. The molecule has 4 rings (SSSR count). The molecular weight excluding hydrogens is 357 g/mol. The number of alkyl halides is 3. The van der Waals surface area contributed by atoms with Crippen LogP contribution in [0.2, 0.25) is 0 Å². The molecule has 0 saturated carbocycles. The van der Waals surface area contributed by atoms with Gasteiger partial charge in [0.05, 0.1) is 16.7 Å². The number of aromatic nitrogens is 4. The van der Waals surface area contributed by atoms with Gasteiger partial charge in [0, 0.05) is 32.2 Å². The first-order valence-corrected chi connectivity index (χ1v) is 8.54. The van der Waals surface area contributed by atoms with Crippen molar-refractivity contribution in [2.75, 3.05) is 36.0 Å². The first kappa shape index (κ1) is 17.4. The molecule has 0 spiro atoms. The van der Waals surface area contributed by atoms with Crippen molar-refractivity contribution in [3.8, 4) is 0 Å². The van der Waals surface area contributed by atoms with Crippen LogP contribution in [0.3, 0.4) is 0 Å². The van der Waals surface area contributed by atoms with Crippen LogP contribution < -0.4 is 9.80 Å². The zero-order valence-corrected chi connectivity index (χ0v) is 14.6. The third-order valence-corrected chi connectivity index (χ3v) is 4.57. The van der Waals surface area contributed by atoms with E-state index in [-0.39, 0.29) is 0 Å². The molecule has 0 aliphatic carbocycles. The van der Waals surface area contributed by atoms with E-state index in [1.807, 2.05) is 36.1 Å². The normalized spacial score (nSPS) is 15.4. The number of para-hydroxylation sites is 2. The minimum Gasteiger partial charge on any atom is -0.353 e. The molecule has 3 heterocycles. The predicted octanol–water partition coefficient (Wildman–Crippen LogP) is 3.07. The molecule has 1 aliphatic heterocycles. The van der Waals surface area contributed by atoms with Gasteiger partial charge < -0.3 is 9.80 Å². The summed E-state index contributed by atoms with van der Waals surface area (Å²) in [7, 11) is 0. The van der Waals surface area contributed by atoms with Gasteiger partial charge >= 0.3 is 6.18 Å². The summed E-state index contributed by atoms with van der Waals surface area (Å²) < 4.78 is 38.6. The molecule has 27 heavy (non-hydrogen) atoms. The SMILES string of the molecule is Cc1nc2ccccc2nc1N1CCN(c2cc(C(F)(F)F)ncn2)CC1. The van der Waals surface area contributed by atoms with Gasteiger partial charge in [-0.3, -0.25) is 0 Å². The van der Waals surface area contributed by atoms with Crippen LogP contribution >= 0.6 is 0 Å². The van der Waals surface area contributed by atoms with Crippen molar-refractivity contribution in [1.29, 1.82) is 0 Å². The van der Waals surface area contributed by atoms with E-state index < -0.39 is 11.9 Å². The molecule has 140 valence electrons. The summed E-state index contributed by atoms with van der Waals surface area (Å²) in [4.78, 5) is 20.6. The molecular formula is C18H17F3N6. The molecule has 0 amide bonds. The number of benzene rings is 1. The van der Waals surface area contributed by atoms with E-state index in [0.29, 0.717) is 32.0 Å². The van der Waals surface area contributed by atoms with Crippen LogP contribution in [0.4, 0.5) is 24.8 Å². The summed E-state index contributed by atoms with van der Waals surface area (Å²) in [6, 6.07) is 8.68. The standard InChI is InChI=1S/C18H17F3N6/c1-12-17(25-14-5-3-2-4-13(14)24-12)27-8-6-26(7-9-27)16-10-15(18(19,20)21)22-11-23-16/h2-5,10-11H,6-9H2,1H3. The molecule has 1 fully saturated rings. The van der Waals surface area contributed by atoms with Crippen molar-refractivity contribution in [3.63, 3.8) is 0 Å². The average molecular weight is 374 g/mol. The number of aryl methyl sites for hydroxylation is 1. The molecule has 0 bridgehead atoms. The van der Waals surface area contributed by atoms with E-state index in [9.17, 15) is 13.2 Å². The lowest BCUT2D eigenvalue weighted by molar-refractivity contribution is -0.141. The summed E-state index contributed by atoms with van der Waals surface area (Å²) in [5, 5.41) is 0. The van der Waals surface area contributed by atoms with E-state index in [2.05, 4.69) is 19.9 Å². The second kappa shape index (κ2) is 6.64. The van der Waals surface area contributed by atoms with E-state index in [4.69, 9.17) is 4.98 Å². The smallest absolute Gasteiger partial charge is 0.353 e. The Morgan fingerprint density at radius 3 is 2.19 bits per heavy atom. The van der Waals surface area contributed by atoms with Crippen molar-refractivity contribution in [3.05, 3.63) is 48.0 Å². The maximum atomic E-state index is 12.9. The molecule has 9 heteroatoms. The van der Waals surface area contributed by atoms with Gasteiger partial charge in [-0.05, 0) is 19.1 Å². The maximum absolute atomic E-state index is 12.9. The van der Waals surface area contributed by atoms with Gasteiger partial charge in [0.15, 0.2) is 5.82 Å². The van der Waals surface area contributed by atoms with E-state index in [0.717, 1.165) is 34.9 Å². The Labute approximate surface area is 153 Å². The number of halogens is 3. The van der Waals surface area contributed by atoms with Gasteiger partial charge in [0.25, 0.3) is 0 Å². The van der Waals surface area contributed by atoms with Crippen LogP contribution in [0.5, 0.6) is 0 Å². The summed E-state index contributed by atoms with van der Waals surface area (Å²) >= 11 is 0. The first-order chi connectivity index (χ1) is 12.9. The number of hydrogen-bond acceptors (Lipinski definition) is 6. The number of fused-ring (bicyclic) bond motifs is 1. The van der Waals surface area contributed by atoms with Gasteiger partial charge in [-0.2, -0.15) is 13.2 Å². The fourth-order valence-corrected chi connectivity index (χ4v) is 3.20. The zero-order valence-electron chi connectivity index (χ0n) is 14.6. The molecule has 3 aromatic rings. The summed E-state index contributed by atoms with van der Waals surface area (Å²) in [6.45, 7) is 4.25. The summed E-state index contributed by atoms with van der Waals surface area (Å²) in [5.74, 6) is 1.10. The first-order valence-electron chi connectivity index (χ1n) is 8.54. The number of hydrogen-bond donors (Lipinski definition) is 0. The third-order valence-electron chi connectivity index (χ3n) is 4.57. The van der Waals surface area contributed by atoms with Crippen LogP contribution in [0.15, 0.2) is 36.7 Å². The van der Waals surface area contributed by atoms with Crippen LogP contribution in [-0.2, 0) is 6.18 Å². The Hall–Kier alpha value is -2.97. The molecule has 6 nitrogen and oxygen atoms in total. The van der Waals surface area contributed by atoms with Gasteiger partial charge in [0.2, 0.25) is 0 Å². The second-order valence-electron chi connectivity index (χ2n) is 6.35. The highest BCUT2D eigenvalue weighted by Gasteiger charge is 2.33. The zero-order chi connectivity index (χ0) is 19.0. The van der Waals surface area contributed by atoms with E-state index in [1.165, 1.54) is 0 Å². The molecule has 0 atom stereocenters. The quantitative estimate of drug-likeness (QED) is 0.687. The Morgan fingerprint density at radius 2 is 1.52 bits per heavy atom. The average Bonchev–Trinajstić information content (AvgIpc) is 2.67. The van der Waals surface area contributed by atoms with Crippen molar-refractivity contribution in [1.82, 2.24) is 19.9 Å². The Balaban J connectivity index is 1.52. The molecule has 2 aromatic heterocycles. The number of anilines is 2. The maximum Gasteiger partial charge on any atom is 0.433 e. The predicted molar refractivity (Wildman–Crippen MR) is 95.7 cm³/mol. The molecule has 1 aliphatic rings. The van der Waals surface area contributed by atoms with Crippen molar-refractivity contribution in [2.24, 2.45) is 0 Å². The minimum atomic E-state index is -4.47. The summed E-state index contributed by atoms with van der Waals surface area (Å²) in [5.41, 5.74) is 1.58.